The van der Waals surface area contributed by atoms with Crippen molar-refractivity contribution in [3.63, 3.8) is 0 Å². The maximum absolute atomic E-state index is 13.8. The Balaban J connectivity index is 1.28. The number of carbonyl (C=O) groups is 2. The van der Waals surface area contributed by atoms with Crippen LogP contribution in [0.25, 0.3) is 0 Å². The highest BCUT2D eigenvalue weighted by Crippen LogP contribution is 2.34. The molecule has 2 aliphatic rings. The fourth-order valence-corrected chi connectivity index (χ4v) is 8.52. The third-order valence-corrected chi connectivity index (χ3v) is 11.2. The second kappa shape index (κ2) is 15.2. The molecule has 0 bridgehead atoms. The number of carbonyl (C=O) groups excluding carboxylic acids is 2. The molecule has 1 N–H and O–H groups in total. The minimum atomic E-state index is -3.81. The summed E-state index contributed by atoms with van der Waals surface area (Å²) in [5.74, 6) is -1.17. The standard InChI is InChI=1S/C37H45F2N3O5S/c1-37(2,3)47-36(44)41-22-23-42(48(45,46)32-9-5-4-6-10-32)31(25-41)21-16-28-8-7-11-34(28)40-35(43)24-33(26-12-17-29(38)18-13-26)27-14-19-30(39)20-15-27/h4-6,9-10,12-15,17-20,28,31,33-34H,7-8,11,16,21-25H2,1-3H3,(H,40,43). The van der Waals surface area contributed by atoms with E-state index < -0.39 is 27.8 Å². The van der Waals surface area contributed by atoms with Crippen molar-refractivity contribution in [1.82, 2.24) is 14.5 Å². The number of nitrogens with one attached hydrogen (secondary N) is 1. The number of amides is 2. The SMILES string of the molecule is CC(C)(C)OC(=O)N1CCN(S(=O)(=O)c2ccccc2)C(CCC2CCCC2NC(=O)CC(c2ccc(F)cc2)c2ccc(F)cc2)C1. The lowest BCUT2D eigenvalue weighted by Crippen LogP contribution is -2.57. The second-order valence-corrected chi connectivity index (χ2v) is 15.7. The first-order chi connectivity index (χ1) is 22.8. The molecule has 3 atom stereocenters. The lowest BCUT2D eigenvalue weighted by Gasteiger charge is -2.41. The molecule has 1 aliphatic heterocycles. The fraction of sp³-hybridized carbons (Fsp3) is 0.459. The average Bonchev–Trinajstić information content (AvgIpc) is 3.49. The van der Waals surface area contributed by atoms with Crippen molar-refractivity contribution in [1.29, 1.82) is 0 Å². The van der Waals surface area contributed by atoms with Gasteiger partial charge in [-0.15, -0.1) is 0 Å². The molecule has 0 spiro atoms. The van der Waals surface area contributed by atoms with E-state index in [1.165, 1.54) is 28.6 Å². The highest BCUT2D eigenvalue weighted by atomic mass is 32.2. The summed E-state index contributed by atoms with van der Waals surface area (Å²) in [5.41, 5.74) is 0.835. The van der Waals surface area contributed by atoms with E-state index in [1.807, 2.05) is 0 Å². The quantitative estimate of drug-likeness (QED) is 0.252. The number of piperazine rings is 1. The van der Waals surface area contributed by atoms with E-state index in [-0.39, 0.29) is 66.4 Å². The Kier molecular flexibility index (Phi) is 11.2. The van der Waals surface area contributed by atoms with Crippen LogP contribution in [-0.4, -0.2) is 66.9 Å². The van der Waals surface area contributed by atoms with Crippen molar-refractivity contribution < 1.29 is 31.5 Å². The molecule has 3 unspecified atom stereocenters. The summed E-state index contributed by atoms with van der Waals surface area (Å²) in [5, 5.41) is 3.23. The number of sulfonamides is 1. The summed E-state index contributed by atoms with van der Waals surface area (Å²) in [6.45, 7) is 5.99. The van der Waals surface area contributed by atoms with Gasteiger partial charge in [-0.3, -0.25) is 4.79 Å². The van der Waals surface area contributed by atoms with E-state index in [1.54, 1.807) is 80.3 Å². The zero-order valence-electron chi connectivity index (χ0n) is 27.8. The zero-order chi connectivity index (χ0) is 34.5. The van der Waals surface area contributed by atoms with Gasteiger partial charge in [0.15, 0.2) is 0 Å². The van der Waals surface area contributed by atoms with Gasteiger partial charge in [0.05, 0.1) is 4.90 Å². The Morgan fingerprint density at radius 2 is 1.48 bits per heavy atom. The molecule has 2 amide bonds. The number of hydrogen-bond donors (Lipinski definition) is 1. The Bertz CT molecular complexity index is 1600. The van der Waals surface area contributed by atoms with Gasteiger partial charge in [-0.1, -0.05) is 48.9 Å². The van der Waals surface area contributed by atoms with Crippen molar-refractivity contribution in [2.45, 2.75) is 87.8 Å². The van der Waals surface area contributed by atoms with Crippen LogP contribution in [0, 0.1) is 17.6 Å². The van der Waals surface area contributed by atoms with Gasteiger partial charge in [0.2, 0.25) is 15.9 Å². The Labute approximate surface area is 282 Å². The smallest absolute Gasteiger partial charge is 0.410 e. The lowest BCUT2D eigenvalue weighted by molar-refractivity contribution is -0.122. The molecule has 1 saturated heterocycles. The van der Waals surface area contributed by atoms with E-state index in [0.717, 1.165) is 30.4 Å². The second-order valence-electron chi connectivity index (χ2n) is 13.8. The predicted molar refractivity (Wildman–Crippen MR) is 180 cm³/mol. The van der Waals surface area contributed by atoms with E-state index >= 15 is 0 Å². The number of nitrogens with zero attached hydrogens (tertiary/aromatic N) is 2. The molecule has 0 aromatic heterocycles. The van der Waals surface area contributed by atoms with Crippen molar-refractivity contribution in [3.05, 3.63) is 102 Å². The maximum Gasteiger partial charge on any atom is 0.410 e. The molecular formula is C37H45F2N3O5S. The lowest BCUT2D eigenvalue weighted by atomic mass is 9.88. The van der Waals surface area contributed by atoms with Crippen LogP contribution in [0.15, 0.2) is 83.8 Å². The molecule has 48 heavy (non-hydrogen) atoms. The first-order valence-corrected chi connectivity index (χ1v) is 18.1. The number of hydrogen-bond acceptors (Lipinski definition) is 5. The van der Waals surface area contributed by atoms with Crippen molar-refractivity contribution >= 4 is 22.0 Å². The van der Waals surface area contributed by atoms with Crippen LogP contribution < -0.4 is 5.32 Å². The van der Waals surface area contributed by atoms with Gasteiger partial charge in [-0.25, -0.2) is 22.0 Å². The Morgan fingerprint density at radius 1 is 0.875 bits per heavy atom. The number of benzene rings is 3. The van der Waals surface area contributed by atoms with Gasteiger partial charge in [-0.05, 0) is 99.9 Å². The third kappa shape index (κ3) is 8.99. The highest BCUT2D eigenvalue weighted by Gasteiger charge is 2.39. The molecule has 8 nitrogen and oxygen atoms in total. The molecule has 1 saturated carbocycles. The topological polar surface area (TPSA) is 96.0 Å². The number of ether oxygens (including phenoxy) is 1. The monoisotopic (exact) mass is 681 g/mol. The van der Waals surface area contributed by atoms with Crippen LogP contribution in [0.2, 0.25) is 0 Å². The minimum Gasteiger partial charge on any atom is -0.444 e. The summed E-state index contributed by atoms with van der Waals surface area (Å²) in [4.78, 5) is 28.3. The molecule has 1 heterocycles. The van der Waals surface area contributed by atoms with Crippen LogP contribution in [0.4, 0.5) is 13.6 Å². The van der Waals surface area contributed by atoms with Crippen molar-refractivity contribution in [2.75, 3.05) is 19.6 Å². The minimum absolute atomic E-state index is 0.0932. The number of rotatable bonds is 10. The first kappa shape index (κ1) is 35.5. The molecule has 5 rings (SSSR count). The summed E-state index contributed by atoms with van der Waals surface area (Å²) in [6, 6.07) is 19.8. The average molecular weight is 682 g/mol. The highest BCUT2D eigenvalue weighted by molar-refractivity contribution is 7.89. The summed E-state index contributed by atoms with van der Waals surface area (Å²) < 4.78 is 62.1. The fourth-order valence-electron chi connectivity index (χ4n) is 6.86. The number of halogens is 2. The van der Waals surface area contributed by atoms with Crippen LogP contribution >= 0.6 is 0 Å². The molecule has 258 valence electrons. The molecule has 1 aliphatic carbocycles. The van der Waals surface area contributed by atoms with E-state index in [9.17, 15) is 26.8 Å². The zero-order valence-corrected chi connectivity index (χ0v) is 28.6. The third-order valence-electron chi connectivity index (χ3n) is 9.24. The van der Waals surface area contributed by atoms with Crippen LogP contribution in [0.3, 0.4) is 0 Å². The van der Waals surface area contributed by atoms with Gasteiger partial charge in [0.1, 0.15) is 17.2 Å². The molecule has 11 heteroatoms. The van der Waals surface area contributed by atoms with E-state index in [2.05, 4.69) is 5.32 Å². The summed E-state index contributed by atoms with van der Waals surface area (Å²) >= 11 is 0. The molecule has 3 aromatic carbocycles. The van der Waals surface area contributed by atoms with Gasteiger partial charge in [0, 0.05) is 44.1 Å². The van der Waals surface area contributed by atoms with Gasteiger partial charge >= 0.3 is 6.09 Å². The van der Waals surface area contributed by atoms with Crippen molar-refractivity contribution in [3.8, 4) is 0 Å². The maximum atomic E-state index is 13.8. The van der Waals surface area contributed by atoms with Crippen LogP contribution in [-0.2, 0) is 19.6 Å². The van der Waals surface area contributed by atoms with Gasteiger partial charge < -0.3 is 15.0 Å². The molecule has 3 aromatic rings. The van der Waals surface area contributed by atoms with Crippen LogP contribution in [0.5, 0.6) is 0 Å². The van der Waals surface area contributed by atoms with E-state index in [4.69, 9.17) is 4.74 Å². The molecular weight excluding hydrogens is 636 g/mol. The summed E-state index contributed by atoms with van der Waals surface area (Å²) in [7, 11) is -3.81. The largest absolute Gasteiger partial charge is 0.444 e. The predicted octanol–water partition coefficient (Wildman–Crippen LogP) is 6.86. The Hall–Kier alpha value is -3.83. The van der Waals surface area contributed by atoms with Gasteiger partial charge in [0.25, 0.3) is 0 Å². The van der Waals surface area contributed by atoms with Gasteiger partial charge in [-0.2, -0.15) is 4.31 Å². The first-order valence-electron chi connectivity index (χ1n) is 16.7. The van der Waals surface area contributed by atoms with Crippen molar-refractivity contribution in [2.24, 2.45) is 5.92 Å². The Morgan fingerprint density at radius 3 is 2.06 bits per heavy atom. The molecule has 2 fully saturated rings. The van der Waals surface area contributed by atoms with Crippen LogP contribution in [0.1, 0.15) is 76.3 Å². The summed E-state index contributed by atoms with van der Waals surface area (Å²) in [6.07, 6.45) is 3.43. The molecule has 0 radical (unpaired) electrons. The normalized spacial score (nSPS) is 20.5. The van der Waals surface area contributed by atoms with E-state index in [0.29, 0.717) is 12.8 Å².